The summed E-state index contributed by atoms with van der Waals surface area (Å²) in [4.78, 5) is 86.5. The average Bonchev–Trinajstić information content (AvgIpc) is 2.84. The Kier molecular flexibility index (Phi) is 16.2. The van der Waals surface area contributed by atoms with Crippen molar-refractivity contribution in [1.29, 1.82) is 0 Å². The predicted octanol–water partition coefficient (Wildman–Crippen LogP) is -6.42. The summed E-state index contributed by atoms with van der Waals surface area (Å²) < 4.78 is 0. The summed E-state index contributed by atoms with van der Waals surface area (Å²) in [7, 11) is 0. The number of nitrogens with zero attached hydrogens (tertiary/aromatic N) is 1. The molecule has 0 aromatic rings. The highest BCUT2D eigenvalue weighted by atomic mass is 32.1. The van der Waals surface area contributed by atoms with Gasteiger partial charge in [-0.15, -0.1) is 0 Å². The number of carbonyl (C=O) groups is 7. The topological polar surface area (TPSA) is 316 Å². The number of rotatable bonds is 18. The van der Waals surface area contributed by atoms with Gasteiger partial charge in [0.25, 0.3) is 0 Å². The van der Waals surface area contributed by atoms with Crippen molar-refractivity contribution in [3.05, 3.63) is 0 Å². The number of carbonyl (C=O) groups excluding carboxylic acids is 6. The molecule has 0 aromatic carbocycles. The van der Waals surface area contributed by atoms with Crippen LogP contribution in [-0.4, -0.2) is 103 Å². The second kappa shape index (κ2) is 18.2. The summed E-state index contributed by atoms with van der Waals surface area (Å²) >= 11 is 3.88. The van der Waals surface area contributed by atoms with Crippen LogP contribution in [0, 0.1) is 0 Å². The predicted molar refractivity (Wildman–Crippen MR) is 136 cm³/mol. The van der Waals surface area contributed by atoms with Gasteiger partial charge in [-0.2, -0.15) is 12.6 Å². The highest BCUT2D eigenvalue weighted by Gasteiger charge is 2.25. The first-order valence-electron chi connectivity index (χ1n) is 11.1. The maximum Gasteiger partial charge on any atom is 0.322 e. The molecule has 0 saturated heterocycles. The lowest BCUT2D eigenvalue weighted by molar-refractivity contribution is -0.138. The lowest BCUT2D eigenvalue weighted by Crippen LogP contribution is -2.54. The summed E-state index contributed by atoms with van der Waals surface area (Å²) in [5.74, 6) is -6.46. The van der Waals surface area contributed by atoms with Crippen molar-refractivity contribution < 1.29 is 38.7 Å². The molecular weight excluding hydrogens is 528 g/mol. The average molecular weight is 563 g/mol. The number of guanidine groups is 1. The molecule has 0 heterocycles. The Morgan fingerprint density at radius 2 is 1.29 bits per heavy atom. The number of thiol groups is 1. The van der Waals surface area contributed by atoms with Crippen LogP contribution >= 0.6 is 12.6 Å². The number of aliphatic carboxylic acids is 1. The normalized spacial score (nSPS) is 12.6. The maximum atomic E-state index is 12.7. The van der Waals surface area contributed by atoms with Gasteiger partial charge in [-0.05, 0) is 12.8 Å². The molecule has 18 nitrogen and oxygen atoms in total. The zero-order valence-corrected chi connectivity index (χ0v) is 21.3. The van der Waals surface area contributed by atoms with Crippen molar-refractivity contribution in [3.63, 3.8) is 0 Å². The van der Waals surface area contributed by atoms with Gasteiger partial charge in [0.15, 0.2) is 5.96 Å². The van der Waals surface area contributed by atoms with Gasteiger partial charge in [0.05, 0.1) is 25.6 Å². The van der Waals surface area contributed by atoms with Crippen molar-refractivity contribution in [2.24, 2.45) is 27.9 Å². The third-order valence-corrected chi connectivity index (χ3v) is 4.84. The molecule has 0 aliphatic rings. The SMILES string of the molecule is NC(=O)C[C@@H](NC(=O)CNC(=O)[C@@H](CCCN=C(N)N)NC(=O)CNC(=O)[C@H](N)CS)C(=O)NCC(=O)O. The van der Waals surface area contributed by atoms with Crippen molar-refractivity contribution in [2.45, 2.75) is 37.4 Å². The minimum Gasteiger partial charge on any atom is -0.480 e. The molecule has 38 heavy (non-hydrogen) atoms. The fraction of sp³-hybridized carbons (Fsp3) is 0.579. The number of nitrogens with one attached hydrogen (secondary N) is 5. The van der Waals surface area contributed by atoms with Crippen LogP contribution in [0.25, 0.3) is 0 Å². The zero-order valence-electron chi connectivity index (χ0n) is 20.4. The Hall–Kier alpha value is -4.13. The van der Waals surface area contributed by atoms with E-state index in [4.69, 9.17) is 28.0 Å². The smallest absolute Gasteiger partial charge is 0.322 e. The van der Waals surface area contributed by atoms with Gasteiger partial charge in [0.2, 0.25) is 35.4 Å². The van der Waals surface area contributed by atoms with Crippen LogP contribution < -0.4 is 49.5 Å². The standard InChI is InChI=1S/C19H34N10O8S/c20-9(8-38)16(35)25-5-13(31)28-10(2-1-3-24-19(22)23)17(36)26-6-14(32)29-11(4-12(21)30)18(37)27-7-15(33)34/h9-11,38H,1-8,20H2,(H2,21,30)(H,25,35)(H,26,36)(H,27,37)(H,28,31)(H,29,32)(H,33,34)(H4,22,23,24)/t9-,10-,11-/m1/s1. The summed E-state index contributed by atoms with van der Waals surface area (Å²) in [5.41, 5.74) is 21.1. The van der Waals surface area contributed by atoms with Crippen LogP contribution in [0.3, 0.4) is 0 Å². The quantitative estimate of drug-likeness (QED) is 0.0323. The van der Waals surface area contributed by atoms with Crippen LogP contribution in [0.4, 0.5) is 0 Å². The van der Waals surface area contributed by atoms with Gasteiger partial charge in [-0.25, -0.2) is 0 Å². The van der Waals surface area contributed by atoms with E-state index in [1.165, 1.54) is 0 Å². The molecule has 0 aliphatic heterocycles. The molecule has 0 saturated carbocycles. The number of hydrogen-bond acceptors (Lipinski definition) is 10. The van der Waals surface area contributed by atoms with E-state index in [0.717, 1.165) is 0 Å². The van der Waals surface area contributed by atoms with Gasteiger partial charge in [0, 0.05) is 12.3 Å². The molecule has 3 atom stereocenters. The fourth-order valence-corrected chi connectivity index (χ4v) is 2.80. The van der Waals surface area contributed by atoms with Gasteiger partial charge in [-0.1, -0.05) is 0 Å². The van der Waals surface area contributed by atoms with Gasteiger partial charge in [-0.3, -0.25) is 38.6 Å². The molecule has 0 unspecified atom stereocenters. The molecule has 0 spiro atoms. The van der Waals surface area contributed by atoms with Crippen LogP contribution in [0.1, 0.15) is 19.3 Å². The lowest BCUT2D eigenvalue weighted by atomic mass is 10.1. The monoisotopic (exact) mass is 562 g/mol. The Bertz CT molecular complexity index is 912. The molecule has 0 aliphatic carbocycles. The number of amides is 6. The van der Waals surface area contributed by atoms with E-state index in [2.05, 4.69) is 38.9 Å². The van der Waals surface area contributed by atoms with E-state index in [9.17, 15) is 33.6 Å². The van der Waals surface area contributed by atoms with Crippen molar-refractivity contribution in [2.75, 3.05) is 31.9 Å². The molecule has 14 N–H and O–H groups in total. The third kappa shape index (κ3) is 15.8. The second-order valence-corrected chi connectivity index (χ2v) is 8.06. The van der Waals surface area contributed by atoms with Crippen LogP contribution in [-0.2, 0) is 33.6 Å². The summed E-state index contributed by atoms with van der Waals surface area (Å²) in [6.07, 6.45) is -0.330. The van der Waals surface area contributed by atoms with Crippen LogP contribution in [0.15, 0.2) is 4.99 Å². The highest BCUT2D eigenvalue weighted by molar-refractivity contribution is 7.80. The molecule has 19 heteroatoms. The number of carboxylic acids is 1. The van der Waals surface area contributed by atoms with Gasteiger partial charge in [0.1, 0.15) is 18.6 Å². The van der Waals surface area contributed by atoms with Crippen molar-refractivity contribution in [1.82, 2.24) is 26.6 Å². The maximum absolute atomic E-state index is 12.7. The molecule has 0 bridgehead atoms. The van der Waals surface area contributed by atoms with Gasteiger partial charge < -0.3 is 54.6 Å². The Balaban J connectivity index is 5.12. The first-order valence-corrected chi connectivity index (χ1v) is 11.7. The van der Waals surface area contributed by atoms with E-state index in [1.54, 1.807) is 0 Å². The number of hydrogen-bond donors (Lipinski definition) is 11. The van der Waals surface area contributed by atoms with Crippen LogP contribution in [0.2, 0.25) is 0 Å². The van der Waals surface area contributed by atoms with E-state index in [1.807, 2.05) is 5.32 Å². The Labute approximate surface area is 222 Å². The first-order chi connectivity index (χ1) is 17.8. The molecule has 0 rings (SSSR count). The Morgan fingerprint density at radius 3 is 1.79 bits per heavy atom. The largest absolute Gasteiger partial charge is 0.480 e. The first kappa shape index (κ1) is 33.9. The van der Waals surface area contributed by atoms with E-state index >= 15 is 0 Å². The van der Waals surface area contributed by atoms with E-state index in [0.29, 0.717) is 0 Å². The molecular formula is C19H34N10O8S. The number of carboxylic acid groups (broad SMARTS) is 1. The van der Waals surface area contributed by atoms with Crippen molar-refractivity contribution >= 4 is 60.0 Å². The number of primary amides is 1. The Morgan fingerprint density at radius 1 is 0.789 bits per heavy atom. The molecule has 0 aromatic heterocycles. The lowest BCUT2D eigenvalue weighted by Gasteiger charge is -2.20. The third-order valence-electron chi connectivity index (χ3n) is 4.45. The minimum atomic E-state index is -1.49. The van der Waals surface area contributed by atoms with E-state index < -0.39 is 85.6 Å². The highest BCUT2D eigenvalue weighted by Crippen LogP contribution is 1.99. The summed E-state index contributed by atoms with van der Waals surface area (Å²) in [6.45, 7) is -1.79. The summed E-state index contributed by atoms with van der Waals surface area (Å²) in [5, 5.41) is 19.8. The van der Waals surface area contributed by atoms with Crippen LogP contribution in [0.5, 0.6) is 0 Å². The number of aliphatic imine (C=N–C) groups is 1. The molecule has 0 fully saturated rings. The zero-order chi connectivity index (χ0) is 29.3. The van der Waals surface area contributed by atoms with Gasteiger partial charge >= 0.3 is 5.97 Å². The minimum absolute atomic E-state index is 0.0436. The summed E-state index contributed by atoms with van der Waals surface area (Å²) in [6, 6.07) is -3.59. The molecule has 0 radical (unpaired) electrons. The molecule has 6 amide bonds. The number of nitrogens with two attached hydrogens (primary N) is 4. The van der Waals surface area contributed by atoms with E-state index in [-0.39, 0.29) is 31.1 Å². The van der Waals surface area contributed by atoms with Crippen molar-refractivity contribution in [3.8, 4) is 0 Å². The second-order valence-electron chi connectivity index (χ2n) is 7.70. The fourth-order valence-electron chi connectivity index (χ4n) is 2.63. The molecule has 214 valence electrons.